The zero-order chi connectivity index (χ0) is 7.84. The van der Waals surface area contributed by atoms with Crippen LogP contribution in [0.25, 0.3) is 0 Å². The largest absolute Gasteiger partial charge is 0.327 e. The predicted octanol–water partition coefficient (Wildman–Crippen LogP) is 0.453. The minimum absolute atomic E-state index is 0.645. The summed E-state index contributed by atoms with van der Waals surface area (Å²) in [5, 5.41) is 0. The summed E-state index contributed by atoms with van der Waals surface area (Å²) in [6.45, 7) is 8.18. The topological polar surface area (TPSA) is 29.3 Å². The Bertz CT molecular complexity index is 166. The maximum atomic E-state index is 5.47. The molecular formula is C9H16N2. The van der Waals surface area contributed by atoms with Gasteiger partial charge < -0.3 is 5.73 Å². The second-order valence-corrected chi connectivity index (χ2v) is 3.90. The molecule has 0 spiro atoms. The molecule has 62 valence electrons. The van der Waals surface area contributed by atoms with Crippen LogP contribution in [0.3, 0.4) is 0 Å². The summed E-state index contributed by atoms with van der Waals surface area (Å²) in [5.41, 5.74) is 6.64. The van der Waals surface area contributed by atoms with E-state index in [0.29, 0.717) is 6.54 Å². The second-order valence-electron chi connectivity index (χ2n) is 3.90. The van der Waals surface area contributed by atoms with Gasteiger partial charge in [-0.3, -0.25) is 4.90 Å². The zero-order valence-electron chi connectivity index (χ0n) is 6.92. The maximum Gasteiger partial charge on any atom is 0.0203 e. The van der Waals surface area contributed by atoms with Gasteiger partial charge in [0.1, 0.15) is 0 Å². The number of likely N-dealkylation sites (tertiary alicyclic amines) is 1. The van der Waals surface area contributed by atoms with E-state index in [0.717, 1.165) is 18.4 Å². The first-order valence-electron chi connectivity index (χ1n) is 4.38. The Hall–Kier alpha value is -0.340. The molecular weight excluding hydrogens is 136 g/mol. The molecule has 2 heteroatoms. The summed E-state index contributed by atoms with van der Waals surface area (Å²) in [4.78, 5) is 2.48. The fourth-order valence-corrected chi connectivity index (χ4v) is 2.01. The summed E-state index contributed by atoms with van der Waals surface area (Å²) >= 11 is 0. The van der Waals surface area contributed by atoms with E-state index in [1.54, 1.807) is 0 Å². The van der Waals surface area contributed by atoms with Crippen LogP contribution in [-0.4, -0.2) is 31.1 Å². The predicted molar refractivity (Wildman–Crippen MR) is 46.2 cm³/mol. The molecule has 0 aromatic rings. The van der Waals surface area contributed by atoms with Crippen molar-refractivity contribution in [2.75, 3.05) is 26.2 Å². The van der Waals surface area contributed by atoms with Crippen LogP contribution in [0.5, 0.6) is 0 Å². The van der Waals surface area contributed by atoms with Gasteiger partial charge >= 0.3 is 0 Å². The minimum atomic E-state index is 0.645. The summed E-state index contributed by atoms with van der Waals surface area (Å²) < 4.78 is 0. The smallest absolute Gasteiger partial charge is 0.0203 e. The highest BCUT2D eigenvalue weighted by atomic mass is 15.2. The molecule has 2 fully saturated rings. The highest BCUT2D eigenvalue weighted by Gasteiger charge is 2.44. The van der Waals surface area contributed by atoms with Gasteiger partial charge in [0.2, 0.25) is 0 Å². The molecule has 1 aliphatic heterocycles. The lowest BCUT2D eigenvalue weighted by Crippen LogP contribution is -2.26. The van der Waals surface area contributed by atoms with E-state index in [1.807, 2.05) is 0 Å². The number of hydrogen-bond acceptors (Lipinski definition) is 2. The van der Waals surface area contributed by atoms with Crippen LogP contribution in [-0.2, 0) is 0 Å². The molecule has 2 aliphatic rings. The lowest BCUT2D eigenvalue weighted by Gasteiger charge is -2.17. The molecule has 0 amide bonds. The average Bonchev–Trinajstić information content (AvgIpc) is 2.60. The Morgan fingerprint density at radius 1 is 1.45 bits per heavy atom. The summed E-state index contributed by atoms with van der Waals surface area (Å²) in [5.74, 6) is 2.06. The van der Waals surface area contributed by atoms with Crippen molar-refractivity contribution in [1.82, 2.24) is 4.90 Å². The van der Waals surface area contributed by atoms with Gasteiger partial charge in [-0.25, -0.2) is 0 Å². The van der Waals surface area contributed by atoms with Crippen molar-refractivity contribution in [3.05, 3.63) is 12.2 Å². The van der Waals surface area contributed by atoms with Crippen molar-refractivity contribution in [1.29, 1.82) is 0 Å². The Labute approximate surface area is 68.1 Å². The van der Waals surface area contributed by atoms with Crippen LogP contribution in [0.4, 0.5) is 0 Å². The second kappa shape index (κ2) is 2.61. The molecule has 11 heavy (non-hydrogen) atoms. The van der Waals surface area contributed by atoms with E-state index in [4.69, 9.17) is 5.73 Å². The number of nitrogens with two attached hydrogens (primary N) is 1. The van der Waals surface area contributed by atoms with Gasteiger partial charge in [-0.05, 0) is 23.8 Å². The van der Waals surface area contributed by atoms with Crippen LogP contribution in [0.2, 0.25) is 0 Å². The van der Waals surface area contributed by atoms with Gasteiger partial charge in [0.05, 0.1) is 0 Å². The molecule has 0 aromatic carbocycles. The standard InChI is InChI=1S/C9H16N2/c1-7(3-10)4-11-5-8-2-9(8)6-11/h8-9H,1-6,10H2. The first kappa shape index (κ1) is 7.32. The van der Waals surface area contributed by atoms with Crippen LogP contribution in [0.1, 0.15) is 6.42 Å². The number of hydrogen-bond donors (Lipinski definition) is 1. The monoisotopic (exact) mass is 152 g/mol. The molecule has 1 heterocycles. The van der Waals surface area contributed by atoms with E-state index < -0.39 is 0 Å². The quantitative estimate of drug-likeness (QED) is 0.595. The summed E-state index contributed by atoms with van der Waals surface area (Å²) in [7, 11) is 0. The third-order valence-corrected chi connectivity index (χ3v) is 2.79. The molecule has 0 aromatic heterocycles. The highest BCUT2D eigenvalue weighted by molar-refractivity contribution is 5.04. The van der Waals surface area contributed by atoms with Crippen LogP contribution in [0, 0.1) is 11.8 Å². The number of piperidine rings is 1. The molecule has 1 saturated heterocycles. The van der Waals surface area contributed by atoms with Gasteiger partial charge in [0.15, 0.2) is 0 Å². The van der Waals surface area contributed by atoms with E-state index in [9.17, 15) is 0 Å². The van der Waals surface area contributed by atoms with Gasteiger partial charge in [-0.15, -0.1) is 0 Å². The van der Waals surface area contributed by atoms with Gasteiger partial charge in [0.25, 0.3) is 0 Å². The molecule has 1 aliphatic carbocycles. The van der Waals surface area contributed by atoms with Crippen LogP contribution >= 0.6 is 0 Å². The zero-order valence-corrected chi connectivity index (χ0v) is 6.92. The third kappa shape index (κ3) is 1.47. The summed E-state index contributed by atoms with van der Waals surface area (Å²) in [6, 6.07) is 0. The Balaban J connectivity index is 1.75. The van der Waals surface area contributed by atoms with Crippen molar-refractivity contribution >= 4 is 0 Å². The Kier molecular flexibility index (Phi) is 1.74. The lowest BCUT2D eigenvalue weighted by atomic mass is 10.3. The van der Waals surface area contributed by atoms with E-state index >= 15 is 0 Å². The first-order chi connectivity index (χ1) is 5.29. The van der Waals surface area contributed by atoms with E-state index in [1.165, 1.54) is 25.1 Å². The SMILES string of the molecule is C=C(CN)CN1CC2CC2C1. The van der Waals surface area contributed by atoms with Crippen LogP contribution < -0.4 is 5.73 Å². The summed E-state index contributed by atoms with van der Waals surface area (Å²) in [6.07, 6.45) is 1.48. The maximum absolute atomic E-state index is 5.47. The molecule has 1 saturated carbocycles. The molecule has 0 radical (unpaired) electrons. The minimum Gasteiger partial charge on any atom is -0.327 e. The van der Waals surface area contributed by atoms with Gasteiger partial charge in [-0.1, -0.05) is 6.58 Å². The molecule has 2 unspecified atom stereocenters. The number of rotatable bonds is 3. The number of nitrogens with zero attached hydrogens (tertiary/aromatic N) is 1. The van der Waals surface area contributed by atoms with Crippen molar-refractivity contribution in [3.8, 4) is 0 Å². The first-order valence-corrected chi connectivity index (χ1v) is 4.38. The molecule has 2 atom stereocenters. The van der Waals surface area contributed by atoms with Crippen molar-refractivity contribution in [3.63, 3.8) is 0 Å². The third-order valence-electron chi connectivity index (χ3n) is 2.79. The average molecular weight is 152 g/mol. The Morgan fingerprint density at radius 2 is 2.09 bits per heavy atom. The van der Waals surface area contributed by atoms with Crippen molar-refractivity contribution in [2.24, 2.45) is 17.6 Å². The van der Waals surface area contributed by atoms with Crippen molar-refractivity contribution in [2.45, 2.75) is 6.42 Å². The fraction of sp³-hybridized carbons (Fsp3) is 0.778. The van der Waals surface area contributed by atoms with Crippen LogP contribution in [0.15, 0.2) is 12.2 Å². The van der Waals surface area contributed by atoms with Gasteiger partial charge in [-0.2, -0.15) is 0 Å². The Morgan fingerprint density at radius 3 is 2.64 bits per heavy atom. The fourth-order valence-electron chi connectivity index (χ4n) is 2.01. The molecule has 0 bridgehead atoms. The lowest BCUT2D eigenvalue weighted by molar-refractivity contribution is 0.329. The highest BCUT2D eigenvalue weighted by Crippen LogP contribution is 2.44. The van der Waals surface area contributed by atoms with Gasteiger partial charge in [0, 0.05) is 26.2 Å². The number of fused-ring (bicyclic) bond motifs is 1. The molecule has 2 nitrogen and oxygen atoms in total. The normalized spacial score (nSPS) is 35.4. The van der Waals surface area contributed by atoms with E-state index in [2.05, 4.69) is 11.5 Å². The molecule has 2 N–H and O–H groups in total. The van der Waals surface area contributed by atoms with E-state index in [-0.39, 0.29) is 0 Å². The molecule has 2 rings (SSSR count). The van der Waals surface area contributed by atoms with Crippen molar-refractivity contribution < 1.29 is 0 Å².